The summed E-state index contributed by atoms with van der Waals surface area (Å²) in [4.78, 5) is 0. The molecule has 0 radical (unpaired) electrons. The summed E-state index contributed by atoms with van der Waals surface area (Å²) < 4.78 is 18.1. The average molecular weight is 254 g/mol. The molecule has 2 aromatic carbocycles. The van der Waals surface area contributed by atoms with Crippen LogP contribution in [0.1, 0.15) is 0 Å². The van der Waals surface area contributed by atoms with Gasteiger partial charge in [-0.3, -0.25) is 0 Å². The van der Waals surface area contributed by atoms with Crippen molar-refractivity contribution in [3.63, 3.8) is 0 Å². The highest BCUT2D eigenvalue weighted by Crippen LogP contribution is 2.35. The van der Waals surface area contributed by atoms with Crippen LogP contribution in [0.5, 0.6) is 0 Å². The summed E-state index contributed by atoms with van der Waals surface area (Å²) in [6.45, 7) is 0. The molecular weight excluding hydrogens is 243 g/mol. The SMILES string of the molecule is Nc1onc(-c2ccccc2)c1-c1ccc(F)cc1. The molecule has 0 fully saturated rings. The first kappa shape index (κ1) is 11.5. The van der Waals surface area contributed by atoms with Crippen LogP contribution in [0.2, 0.25) is 0 Å². The molecule has 0 unspecified atom stereocenters. The summed E-state index contributed by atoms with van der Waals surface area (Å²) in [6.07, 6.45) is 0. The molecule has 1 heterocycles. The molecule has 0 aliphatic heterocycles. The Labute approximate surface area is 109 Å². The van der Waals surface area contributed by atoms with Crippen LogP contribution in [0.3, 0.4) is 0 Å². The number of halogens is 1. The highest BCUT2D eigenvalue weighted by Gasteiger charge is 2.16. The standard InChI is InChI=1S/C15H11FN2O/c16-12-8-6-10(7-9-12)13-14(18-19-15(13)17)11-4-2-1-3-5-11/h1-9H,17H2. The van der Waals surface area contributed by atoms with Gasteiger partial charge in [0, 0.05) is 5.56 Å². The van der Waals surface area contributed by atoms with Gasteiger partial charge in [0.05, 0.1) is 5.56 Å². The molecule has 0 bridgehead atoms. The summed E-state index contributed by atoms with van der Waals surface area (Å²) in [5, 5.41) is 3.99. The minimum absolute atomic E-state index is 0.227. The van der Waals surface area contributed by atoms with Gasteiger partial charge in [0.15, 0.2) is 0 Å². The van der Waals surface area contributed by atoms with Crippen molar-refractivity contribution in [3.8, 4) is 22.4 Å². The third-order valence-corrected chi connectivity index (χ3v) is 2.90. The van der Waals surface area contributed by atoms with Crippen LogP contribution in [-0.2, 0) is 0 Å². The number of anilines is 1. The lowest BCUT2D eigenvalue weighted by Gasteiger charge is -2.02. The summed E-state index contributed by atoms with van der Waals surface area (Å²) in [7, 11) is 0. The lowest BCUT2D eigenvalue weighted by Crippen LogP contribution is -1.88. The van der Waals surface area contributed by atoms with Crippen molar-refractivity contribution in [2.75, 3.05) is 5.73 Å². The fourth-order valence-electron chi connectivity index (χ4n) is 1.99. The number of rotatable bonds is 2. The first-order valence-electron chi connectivity index (χ1n) is 5.82. The van der Waals surface area contributed by atoms with Crippen molar-refractivity contribution >= 4 is 5.88 Å². The van der Waals surface area contributed by atoms with E-state index in [0.29, 0.717) is 11.3 Å². The summed E-state index contributed by atoms with van der Waals surface area (Å²) in [5.74, 6) is -0.0644. The topological polar surface area (TPSA) is 52.0 Å². The van der Waals surface area contributed by atoms with Crippen LogP contribution in [0.15, 0.2) is 59.1 Å². The molecule has 0 spiro atoms. The maximum absolute atomic E-state index is 13.0. The smallest absolute Gasteiger partial charge is 0.230 e. The fourth-order valence-corrected chi connectivity index (χ4v) is 1.99. The summed E-state index contributed by atoms with van der Waals surface area (Å²) in [5.41, 5.74) is 8.85. The van der Waals surface area contributed by atoms with Crippen LogP contribution in [-0.4, -0.2) is 5.16 Å². The number of aromatic nitrogens is 1. The molecule has 3 rings (SSSR count). The van der Waals surface area contributed by atoms with Gasteiger partial charge >= 0.3 is 0 Å². The Bertz CT molecular complexity index is 690. The molecule has 3 nitrogen and oxygen atoms in total. The molecule has 0 aliphatic carbocycles. The Morgan fingerprint density at radius 3 is 2.26 bits per heavy atom. The highest BCUT2D eigenvalue weighted by molar-refractivity contribution is 5.86. The van der Waals surface area contributed by atoms with Crippen molar-refractivity contribution in [1.29, 1.82) is 0 Å². The second-order valence-electron chi connectivity index (χ2n) is 4.14. The van der Waals surface area contributed by atoms with E-state index in [4.69, 9.17) is 10.3 Å². The second-order valence-corrected chi connectivity index (χ2v) is 4.14. The molecule has 19 heavy (non-hydrogen) atoms. The Morgan fingerprint density at radius 2 is 1.58 bits per heavy atom. The van der Waals surface area contributed by atoms with Crippen LogP contribution in [0.25, 0.3) is 22.4 Å². The number of hydrogen-bond donors (Lipinski definition) is 1. The Hall–Kier alpha value is -2.62. The van der Waals surface area contributed by atoms with Gasteiger partial charge in [0.1, 0.15) is 11.5 Å². The van der Waals surface area contributed by atoms with Gasteiger partial charge in [-0.15, -0.1) is 0 Å². The molecule has 94 valence electrons. The summed E-state index contributed by atoms with van der Waals surface area (Å²) in [6, 6.07) is 15.7. The fraction of sp³-hybridized carbons (Fsp3) is 0. The lowest BCUT2D eigenvalue weighted by molar-refractivity contribution is 0.439. The van der Waals surface area contributed by atoms with Crippen molar-refractivity contribution in [1.82, 2.24) is 5.16 Å². The zero-order valence-corrected chi connectivity index (χ0v) is 10.0. The average Bonchev–Trinajstić information content (AvgIpc) is 2.83. The molecule has 3 aromatic rings. The normalized spacial score (nSPS) is 10.6. The molecule has 1 aromatic heterocycles. The van der Waals surface area contributed by atoms with Crippen LogP contribution >= 0.6 is 0 Å². The van der Waals surface area contributed by atoms with Crippen molar-refractivity contribution < 1.29 is 8.91 Å². The predicted octanol–water partition coefficient (Wildman–Crippen LogP) is 3.73. The van der Waals surface area contributed by atoms with E-state index in [-0.39, 0.29) is 11.7 Å². The number of nitrogens with two attached hydrogens (primary N) is 1. The van der Waals surface area contributed by atoms with E-state index < -0.39 is 0 Å². The van der Waals surface area contributed by atoms with Gasteiger partial charge in [-0.25, -0.2) is 4.39 Å². The van der Waals surface area contributed by atoms with Crippen molar-refractivity contribution in [3.05, 3.63) is 60.4 Å². The highest BCUT2D eigenvalue weighted by atomic mass is 19.1. The first-order valence-corrected chi connectivity index (χ1v) is 5.82. The third-order valence-electron chi connectivity index (χ3n) is 2.90. The van der Waals surface area contributed by atoms with Crippen molar-refractivity contribution in [2.24, 2.45) is 0 Å². The van der Waals surface area contributed by atoms with E-state index in [1.165, 1.54) is 12.1 Å². The zero-order chi connectivity index (χ0) is 13.2. The molecule has 4 heteroatoms. The van der Waals surface area contributed by atoms with Crippen LogP contribution in [0, 0.1) is 5.82 Å². The minimum atomic E-state index is -0.292. The maximum atomic E-state index is 13.0. The number of nitrogen functional groups attached to an aromatic ring is 1. The molecule has 0 aliphatic rings. The molecule has 2 N–H and O–H groups in total. The van der Waals surface area contributed by atoms with E-state index in [1.807, 2.05) is 30.3 Å². The molecular formula is C15H11FN2O. The van der Waals surface area contributed by atoms with Gasteiger partial charge in [-0.2, -0.15) is 0 Å². The number of benzene rings is 2. The van der Waals surface area contributed by atoms with Gasteiger partial charge in [-0.05, 0) is 17.7 Å². The first-order chi connectivity index (χ1) is 9.25. The van der Waals surface area contributed by atoms with E-state index in [1.54, 1.807) is 12.1 Å². The van der Waals surface area contributed by atoms with E-state index in [9.17, 15) is 4.39 Å². The van der Waals surface area contributed by atoms with Crippen LogP contribution < -0.4 is 5.73 Å². The Balaban J connectivity index is 2.17. The van der Waals surface area contributed by atoms with E-state index >= 15 is 0 Å². The molecule has 0 saturated carbocycles. The van der Waals surface area contributed by atoms with Gasteiger partial charge in [0.25, 0.3) is 0 Å². The van der Waals surface area contributed by atoms with Crippen molar-refractivity contribution in [2.45, 2.75) is 0 Å². The van der Waals surface area contributed by atoms with E-state index in [2.05, 4.69) is 5.16 Å². The van der Waals surface area contributed by atoms with Gasteiger partial charge in [-0.1, -0.05) is 47.6 Å². The monoisotopic (exact) mass is 254 g/mol. The number of nitrogens with zero attached hydrogens (tertiary/aromatic N) is 1. The Kier molecular flexibility index (Phi) is 2.76. The Morgan fingerprint density at radius 1 is 0.895 bits per heavy atom. The quantitative estimate of drug-likeness (QED) is 0.758. The third kappa shape index (κ3) is 2.08. The minimum Gasteiger partial charge on any atom is -0.367 e. The molecule has 0 atom stereocenters. The maximum Gasteiger partial charge on any atom is 0.230 e. The number of hydrogen-bond acceptors (Lipinski definition) is 3. The lowest BCUT2D eigenvalue weighted by atomic mass is 10.0. The van der Waals surface area contributed by atoms with Crippen LogP contribution in [0.4, 0.5) is 10.3 Å². The van der Waals surface area contributed by atoms with E-state index in [0.717, 1.165) is 11.1 Å². The van der Waals surface area contributed by atoms with Gasteiger partial charge < -0.3 is 10.3 Å². The molecule has 0 amide bonds. The zero-order valence-electron chi connectivity index (χ0n) is 10.0. The predicted molar refractivity (Wildman–Crippen MR) is 71.7 cm³/mol. The van der Waals surface area contributed by atoms with Gasteiger partial charge in [0.2, 0.25) is 5.88 Å². The summed E-state index contributed by atoms with van der Waals surface area (Å²) >= 11 is 0. The second kappa shape index (κ2) is 4.57. The largest absolute Gasteiger partial charge is 0.367 e. The molecule has 0 saturated heterocycles.